The quantitative estimate of drug-likeness (QED) is 0.214. The Morgan fingerprint density at radius 2 is 1.91 bits per heavy atom. The molecule has 2 aromatic carbocycles. The summed E-state index contributed by atoms with van der Waals surface area (Å²) >= 11 is 6.05. The van der Waals surface area contributed by atoms with Crippen molar-refractivity contribution in [1.29, 1.82) is 0 Å². The molecule has 1 aromatic heterocycles. The summed E-state index contributed by atoms with van der Waals surface area (Å²) < 4.78 is 15.9. The molecule has 0 unspecified atom stereocenters. The van der Waals surface area contributed by atoms with E-state index in [0.717, 1.165) is 0 Å². The minimum Gasteiger partial charge on any atom is -0.490 e. The van der Waals surface area contributed by atoms with Gasteiger partial charge in [0, 0.05) is 0 Å². The van der Waals surface area contributed by atoms with Gasteiger partial charge in [-0.1, -0.05) is 23.7 Å². The van der Waals surface area contributed by atoms with Gasteiger partial charge in [-0.05, 0) is 55.0 Å². The number of hydrazone groups is 1. The Morgan fingerprint density at radius 3 is 2.64 bits per heavy atom. The Kier molecular flexibility index (Phi) is 8.20. The second-order valence-corrected chi connectivity index (χ2v) is 6.87. The fourth-order valence-electron chi connectivity index (χ4n) is 2.61. The van der Waals surface area contributed by atoms with Crippen molar-refractivity contribution in [2.24, 2.45) is 5.10 Å². The average Bonchev–Trinajstić information content (AvgIpc) is 3.35. The van der Waals surface area contributed by atoms with Gasteiger partial charge in [0.05, 0.1) is 36.2 Å². The lowest BCUT2D eigenvalue weighted by Gasteiger charge is -2.12. The Labute approximate surface area is 194 Å². The standard InChI is InChI=1S/C23H20ClN3O6/c1-2-31-20-12-15(9-10-18(20)33-23(30)16-6-3-4-7-17(16)24)13-26-27-21(28)14-25-22(29)19-8-5-11-32-19/h3-13H,2,14H2,1H3,(H,25,29)(H,27,28)/b26-13-. The molecule has 9 nitrogen and oxygen atoms in total. The summed E-state index contributed by atoms with van der Waals surface area (Å²) in [6.45, 7) is 1.85. The molecule has 10 heteroatoms. The highest BCUT2D eigenvalue weighted by Gasteiger charge is 2.15. The second-order valence-electron chi connectivity index (χ2n) is 6.46. The fourth-order valence-corrected chi connectivity index (χ4v) is 2.83. The van der Waals surface area contributed by atoms with Crippen LogP contribution >= 0.6 is 11.6 Å². The van der Waals surface area contributed by atoms with Crippen LogP contribution in [-0.4, -0.2) is 37.1 Å². The summed E-state index contributed by atoms with van der Waals surface area (Å²) in [6.07, 6.45) is 2.74. The number of ether oxygens (including phenoxy) is 2. The minimum atomic E-state index is -0.619. The molecule has 0 spiro atoms. The molecule has 0 radical (unpaired) electrons. The molecule has 3 aromatic rings. The van der Waals surface area contributed by atoms with Crippen LogP contribution in [0.2, 0.25) is 5.02 Å². The monoisotopic (exact) mass is 469 g/mol. The van der Waals surface area contributed by atoms with Crippen molar-refractivity contribution in [2.75, 3.05) is 13.2 Å². The zero-order valence-corrected chi connectivity index (χ0v) is 18.3. The number of esters is 1. The third-order valence-electron chi connectivity index (χ3n) is 4.12. The number of furan rings is 1. The van der Waals surface area contributed by atoms with Gasteiger partial charge in [-0.3, -0.25) is 9.59 Å². The molecule has 0 atom stereocenters. The molecule has 0 bridgehead atoms. The molecule has 0 aliphatic heterocycles. The predicted octanol–water partition coefficient (Wildman–Crippen LogP) is 3.43. The molecule has 2 N–H and O–H groups in total. The zero-order valence-electron chi connectivity index (χ0n) is 17.5. The number of carbonyl (C=O) groups is 3. The zero-order chi connectivity index (χ0) is 23.6. The average molecular weight is 470 g/mol. The third-order valence-corrected chi connectivity index (χ3v) is 4.45. The number of rotatable bonds is 9. The number of hydrogen-bond acceptors (Lipinski definition) is 7. The van der Waals surface area contributed by atoms with Crippen LogP contribution in [0, 0.1) is 0 Å². The third kappa shape index (κ3) is 6.68. The molecular formula is C23H20ClN3O6. The van der Waals surface area contributed by atoms with Crippen LogP contribution in [-0.2, 0) is 4.79 Å². The number of nitrogens with zero attached hydrogens (tertiary/aromatic N) is 1. The van der Waals surface area contributed by atoms with Gasteiger partial charge in [0.1, 0.15) is 0 Å². The number of benzene rings is 2. The topological polar surface area (TPSA) is 119 Å². The van der Waals surface area contributed by atoms with E-state index < -0.39 is 17.8 Å². The van der Waals surface area contributed by atoms with Crippen LogP contribution in [0.25, 0.3) is 0 Å². The Hall–Kier alpha value is -4.11. The number of hydrogen-bond donors (Lipinski definition) is 2. The molecule has 0 fully saturated rings. The van der Waals surface area contributed by atoms with Gasteiger partial charge < -0.3 is 19.2 Å². The maximum atomic E-state index is 12.4. The van der Waals surface area contributed by atoms with E-state index in [4.69, 9.17) is 25.5 Å². The molecule has 1 heterocycles. The van der Waals surface area contributed by atoms with Crippen molar-refractivity contribution >= 4 is 35.6 Å². The van der Waals surface area contributed by atoms with Crippen molar-refractivity contribution in [2.45, 2.75) is 6.92 Å². The molecule has 0 aliphatic rings. The largest absolute Gasteiger partial charge is 0.490 e. The van der Waals surface area contributed by atoms with Crippen LogP contribution in [0.4, 0.5) is 0 Å². The first-order valence-electron chi connectivity index (χ1n) is 9.85. The summed E-state index contributed by atoms with van der Waals surface area (Å²) in [5.74, 6) is -1.02. The lowest BCUT2D eigenvalue weighted by atomic mass is 10.2. The smallest absolute Gasteiger partial charge is 0.345 e. The second kappa shape index (κ2) is 11.5. The van der Waals surface area contributed by atoms with E-state index in [1.807, 2.05) is 0 Å². The number of carbonyl (C=O) groups excluding carboxylic acids is 3. The summed E-state index contributed by atoms with van der Waals surface area (Å²) in [5, 5.41) is 6.54. The highest BCUT2D eigenvalue weighted by Crippen LogP contribution is 2.29. The molecule has 33 heavy (non-hydrogen) atoms. The van der Waals surface area contributed by atoms with Crippen molar-refractivity contribution in [1.82, 2.24) is 10.7 Å². The predicted molar refractivity (Wildman–Crippen MR) is 121 cm³/mol. The van der Waals surface area contributed by atoms with Gasteiger partial charge in [-0.15, -0.1) is 0 Å². The van der Waals surface area contributed by atoms with E-state index >= 15 is 0 Å². The molecule has 0 aliphatic carbocycles. The van der Waals surface area contributed by atoms with Crippen molar-refractivity contribution in [3.63, 3.8) is 0 Å². The summed E-state index contributed by atoms with van der Waals surface area (Å²) in [4.78, 5) is 36.0. The van der Waals surface area contributed by atoms with E-state index in [-0.39, 0.29) is 28.6 Å². The van der Waals surface area contributed by atoms with Crippen LogP contribution in [0.15, 0.2) is 70.4 Å². The summed E-state index contributed by atoms with van der Waals surface area (Å²) in [7, 11) is 0. The van der Waals surface area contributed by atoms with E-state index in [1.54, 1.807) is 55.5 Å². The molecule has 170 valence electrons. The van der Waals surface area contributed by atoms with Gasteiger partial charge >= 0.3 is 5.97 Å². The molecule has 0 saturated heterocycles. The van der Waals surface area contributed by atoms with Crippen molar-refractivity contribution in [3.05, 3.63) is 82.8 Å². The van der Waals surface area contributed by atoms with Crippen molar-refractivity contribution in [3.8, 4) is 11.5 Å². The Morgan fingerprint density at radius 1 is 1.09 bits per heavy atom. The highest BCUT2D eigenvalue weighted by molar-refractivity contribution is 6.33. The van der Waals surface area contributed by atoms with Gasteiger partial charge in [-0.2, -0.15) is 5.10 Å². The first kappa shape index (κ1) is 23.6. The molecule has 0 saturated carbocycles. The number of nitrogens with one attached hydrogen (secondary N) is 2. The van der Waals surface area contributed by atoms with Gasteiger partial charge in [0.25, 0.3) is 11.8 Å². The first-order valence-corrected chi connectivity index (χ1v) is 10.2. The number of amides is 2. The SMILES string of the molecule is CCOc1cc(/C=N\NC(=O)CNC(=O)c2ccco2)ccc1OC(=O)c1ccccc1Cl. The lowest BCUT2D eigenvalue weighted by Crippen LogP contribution is -2.34. The highest BCUT2D eigenvalue weighted by atomic mass is 35.5. The summed E-state index contributed by atoms with van der Waals surface area (Å²) in [6, 6.07) is 14.4. The normalized spacial score (nSPS) is 10.6. The molecule has 2 amide bonds. The number of halogens is 1. The van der Waals surface area contributed by atoms with E-state index in [1.165, 1.54) is 18.5 Å². The van der Waals surface area contributed by atoms with E-state index in [9.17, 15) is 14.4 Å². The maximum Gasteiger partial charge on any atom is 0.345 e. The summed E-state index contributed by atoms with van der Waals surface area (Å²) in [5.41, 5.74) is 3.11. The van der Waals surface area contributed by atoms with Gasteiger partial charge in [0.2, 0.25) is 0 Å². The Bertz CT molecular complexity index is 1160. The minimum absolute atomic E-state index is 0.102. The molecule has 3 rings (SSSR count). The van der Waals surface area contributed by atoms with Crippen LogP contribution < -0.4 is 20.2 Å². The molecular weight excluding hydrogens is 450 g/mol. The van der Waals surface area contributed by atoms with Crippen LogP contribution in [0.1, 0.15) is 33.4 Å². The van der Waals surface area contributed by atoms with Crippen LogP contribution in [0.3, 0.4) is 0 Å². The lowest BCUT2D eigenvalue weighted by molar-refractivity contribution is -0.120. The first-order chi connectivity index (χ1) is 16.0. The fraction of sp³-hybridized carbons (Fsp3) is 0.130. The van der Waals surface area contributed by atoms with Gasteiger partial charge in [-0.25, -0.2) is 10.2 Å². The maximum absolute atomic E-state index is 12.4. The van der Waals surface area contributed by atoms with Gasteiger partial charge in [0.15, 0.2) is 17.3 Å². The van der Waals surface area contributed by atoms with E-state index in [0.29, 0.717) is 17.9 Å². The van der Waals surface area contributed by atoms with E-state index in [2.05, 4.69) is 15.8 Å². The van der Waals surface area contributed by atoms with Crippen LogP contribution in [0.5, 0.6) is 11.5 Å². The Balaban J connectivity index is 1.59. The van der Waals surface area contributed by atoms with Crippen molar-refractivity contribution < 1.29 is 28.3 Å².